The van der Waals surface area contributed by atoms with Gasteiger partial charge in [0.2, 0.25) is 11.8 Å². The maximum Gasteiger partial charge on any atom is 0.408 e. The van der Waals surface area contributed by atoms with Crippen LogP contribution < -0.4 is 20.9 Å². The molecule has 0 radical (unpaired) electrons. The Bertz CT molecular complexity index is 1500. The van der Waals surface area contributed by atoms with Crippen LogP contribution in [0.1, 0.15) is 73.8 Å². The number of aromatic nitrogens is 1. The van der Waals surface area contributed by atoms with Gasteiger partial charge < -0.3 is 39.5 Å². The second-order valence-electron chi connectivity index (χ2n) is 13.1. The number of carbonyl (C=O) groups is 4. The molecule has 1 aliphatic heterocycles. The number of amides is 3. The van der Waals surface area contributed by atoms with Gasteiger partial charge in [-0.15, -0.1) is 0 Å². The van der Waals surface area contributed by atoms with Gasteiger partial charge in [0.05, 0.1) is 27.4 Å². The average Bonchev–Trinajstić information content (AvgIpc) is 3.52. The first-order valence-corrected chi connectivity index (χ1v) is 16.2. The molecule has 2 unspecified atom stereocenters. The molecule has 3 N–H and O–H groups in total. The smallest absolute Gasteiger partial charge is 0.408 e. The molecule has 3 amide bonds. The van der Waals surface area contributed by atoms with E-state index in [-0.39, 0.29) is 18.8 Å². The molecule has 13 nitrogen and oxygen atoms in total. The first-order chi connectivity index (χ1) is 22.6. The summed E-state index contributed by atoms with van der Waals surface area (Å²) in [5.74, 6) is -1.03. The van der Waals surface area contributed by atoms with Gasteiger partial charge in [-0.3, -0.25) is 14.4 Å². The fourth-order valence-electron chi connectivity index (χ4n) is 5.07. The third-order valence-electron chi connectivity index (χ3n) is 7.34. The molecule has 13 heteroatoms. The maximum atomic E-state index is 13.7. The Morgan fingerprint density at radius 1 is 1.06 bits per heavy atom. The normalized spacial score (nSPS) is 16.0. The summed E-state index contributed by atoms with van der Waals surface area (Å²) in [5.41, 5.74) is -1.14. The zero-order chi connectivity index (χ0) is 36.2. The van der Waals surface area contributed by atoms with Crippen molar-refractivity contribution in [1.29, 1.82) is 0 Å². The summed E-state index contributed by atoms with van der Waals surface area (Å²) in [4.78, 5) is 68.7. The molecule has 266 valence electrons. The number of methoxy groups -OCH3 is 2. The number of hydrogen-bond acceptors (Lipinski definition) is 9. The summed E-state index contributed by atoms with van der Waals surface area (Å²) < 4.78 is 21.5. The minimum absolute atomic E-state index is 0.0440. The predicted octanol–water partition coefficient (Wildman–Crippen LogP) is 4.18. The van der Waals surface area contributed by atoms with Crippen molar-refractivity contribution in [3.8, 4) is 5.75 Å². The lowest BCUT2D eigenvalue weighted by molar-refractivity contribution is -0.153. The number of fused-ring (bicyclic) bond motifs is 1. The van der Waals surface area contributed by atoms with Crippen molar-refractivity contribution in [2.45, 2.75) is 92.0 Å². The zero-order valence-electron chi connectivity index (χ0n) is 29.9. The molecule has 1 saturated heterocycles. The molecular formula is C35H52N4O9. The summed E-state index contributed by atoms with van der Waals surface area (Å²) in [7, 11) is 2.80. The highest BCUT2D eigenvalue weighted by Crippen LogP contribution is 2.27. The van der Waals surface area contributed by atoms with Gasteiger partial charge in [0.25, 0.3) is 5.56 Å². The zero-order valence-corrected chi connectivity index (χ0v) is 29.9. The van der Waals surface area contributed by atoms with Gasteiger partial charge in [0.1, 0.15) is 29.5 Å². The Hall–Kier alpha value is -4.39. The largest absolute Gasteiger partial charge is 0.496 e. The lowest BCUT2D eigenvalue weighted by atomic mass is 9.85. The highest BCUT2D eigenvalue weighted by atomic mass is 16.6. The van der Waals surface area contributed by atoms with Crippen LogP contribution in [0.25, 0.3) is 16.8 Å². The Kier molecular flexibility index (Phi) is 14.6. The number of aromatic amines is 1. The van der Waals surface area contributed by atoms with Crippen molar-refractivity contribution in [2.24, 2.45) is 5.41 Å². The summed E-state index contributed by atoms with van der Waals surface area (Å²) in [5, 5.41) is 6.56. The van der Waals surface area contributed by atoms with E-state index in [0.717, 1.165) is 5.39 Å². The lowest BCUT2D eigenvalue weighted by Gasteiger charge is -2.36. The molecule has 0 spiro atoms. The number of nitrogens with one attached hydrogen (secondary N) is 3. The summed E-state index contributed by atoms with van der Waals surface area (Å²) in [6.07, 6.45) is 5.24. The number of pyridine rings is 1. The minimum atomic E-state index is -1.22. The van der Waals surface area contributed by atoms with Crippen LogP contribution in [0.4, 0.5) is 4.79 Å². The van der Waals surface area contributed by atoms with E-state index in [2.05, 4.69) is 15.6 Å². The van der Waals surface area contributed by atoms with Gasteiger partial charge in [-0.05, 0) is 62.6 Å². The number of ether oxygens (including phenoxy) is 4. The van der Waals surface area contributed by atoms with Gasteiger partial charge in [-0.2, -0.15) is 0 Å². The number of esters is 1. The molecule has 0 saturated carbocycles. The van der Waals surface area contributed by atoms with Crippen LogP contribution in [-0.2, 0) is 28.6 Å². The summed E-state index contributed by atoms with van der Waals surface area (Å²) in [6, 6.07) is 2.28. The van der Waals surface area contributed by atoms with Crippen molar-refractivity contribution >= 4 is 40.7 Å². The van der Waals surface area contributed by atoms with Crippen molar-refractivity contribution in [1.82, 2.24) is 20.5 Å². The molecule has 0 bridgehead atoms. The maximum absolute atomic E-state index is 13.7. The number of nitrogens with zero attached hydrogens (tertiary/aromatic N) is 1. The van der Waals surface area contributed by atoms with E-state index in [4.69, 9.17) is 18.9 Å². The first kappa shape index (κ1) is 39.8. The topological polar surface area (TPSA) is 165 Å². The van der Waals surface area contributed by atoms with Gasteiger partial charge in [0, 0.05) is 23.7 Å². The third-order valence-corrected chi connectivity index (χ3v) is 7.34. The van der Waals surface area contributed by atoms with E-state index in [0.29, 0.717) is 36.1 Å². The number of alkyl carbamates (subject to hydrolysis) is 1. The standard InChI is InChI=1S/C33H46N4O9.C2H6/c1-32(2,3)26(29(40)37-15-9-12-24(37)30(41)44-8)36-28(39)23(35-31(42)46-33(4,5)6)19-45-16-10-11-21-17-22-20(18-25(21)43-7)13-14-34-27(22)38;1-2/h10-11,13-14,17-18,23-24,26H,9,12,15-16,19H2,1-8H3,(H,34,38)(H,35,42)(H,36,39);1-2H3/b11-10+;/t23?,24?,26-;/m1./s1. The molecule has 2 heterocycles. The van der Waals surface area contributed by atoms with Crippen LogP contribution in [-0.4, -0.2) is 91.5 Å². The minimum Gasteiger partial charge on any atom is -0.496 e. The number of benzene rings is 1. The molecule has 48 heavy (non-hydrogen) atoms. The molecule has 1 aromatic heterocycles. The van der Waals surface area contributed by atoms with E-state index >= 15 is 0 Å². The molecule has 0 aliphatic carbocycles. The summed E-state index contributed by atoms with van der Waals surface area (Å²) in [6.45, 7) is 14.6. The molecule has 3 atom stereocenters. The highest BCUT2D eigenvalue weighted by molar-refractivity contribution is 5.94. The van der Waals surface area contributed by atoms with Gasteiger partial charge in [0.15, 0.2) is 0 Å². The highest BCUT2D eigenvalue weighted by Gasteiger charge is 2.43. The summed E-state index contributed by atoms with van der Waals surface area (Å²) >= 11 is 0. The van der Waals surface area contributed by atoms with E-state index in [1.807, 2.05) is 13.8 Å². The fourth-order valence-corrected chi connectivity index (χ4v) is 5.07. The van der Waals surface area contributed by atoms with Crippen LogP contribution in [0.5, 0.6) is 5.75 Å². The van der Waals surface area contributed by atoms with Crippen molar-refractivity contribution in [2.75, 3.05) is 34.0 Å². The number of hydrogen-bond donors (Lipinski definition) is 3. The average molecular weight is 673 g/mol. The molecular weight excluding hydrogens is 620 g/mol. The van der Waals surface area contributed by atoms with Gasteiger partial charge in [-0.25, -0.2) is 9.59 Å². The van der Waals surface area contributed by atoms with Crippen LogP contribution >= 0.6 is 0 Å². The van der Waals surface area contributed by atoms with Crippen molar-refractivity contribution in [3.05, 3.63) is 46.4 Å². The third kappa shape index (κ3) is 11.1. The second-order valence-corrected chi connectivity index (χ2v) is 13.1. The SMILES string of the molecule is CC.COC(=O)C1CCCN1C(=O)[C@@H](NC(=O)C(COC/C=C/c1cc2c(=O)[nH]ccc2cc1OC)NC(=O)OC(C)(C)C)C(C)(C)C. The second kappa shape index (κ2) is 17.7. The van der Waals surface area contributed by atoms with E-state index in [9.17, 15) is 24.0 Å². The molecule has 1 fully saturated rings. The van der Waals surface area contributed by atoms with Crippen molar-refractivity contribution < 1.29 is 38.1 Å². The molecule has 1 aliphatic rings. The number of likely N-dealkylation sites (tertiary alicyclic amines) is 1. The number of carbonyl (C=O) groups excluding carboxylic acids is 4. The first-order valence-electron chi connectivity index (χ1n) is 16.2. The Morgan fingerprint density at radius 2 is 1.75 bits per heavy atom. The quantitative estimate of drug-likeness (QED) is 0.235. The Morgan fingerprint density at radius 3 is 2.35 bits per heavy atom. The van der Waals surface area contributed by atoms with Crippen molar-refractivity contribution in [3.63, 3.8) is 0 Å². The van der Waals surface area contributed by atoms with Gasteiger partial charge in [-0.1, -0.05) is 46.8 Å². The van der Waals surface area contributed by atoms with E-state index in [1.54, 1.807) is 78.1 Å². The van der Waals surface area contributed by atoms with E-state index < -0.39 is 53.0 Å². The van der Waals surface area contributed by atoms with Crippen LogP contribution in [0.3, 0.4) is 0 Å². The number of H-pyrrole nitrogens is 1. The predicted molar refractivity (Wildman–Crippen MR) is 184 cm³/mol. The molecule has 1 aromatic carbocycles. The lowest BCUT2D eigenvalue weighted by Crippen LogP contribution is -2.60. The monoisotopic (exact) mass is 672 g/mol. The van der Waals surface area contributed by atoms with Gasteiger partial charge >= 0.3 is 12.1 Å². The molecule has 3 rings (SSSR count). The van der Waals surface area contributed by atoms with E-state index in [1.165, 1.54) is 19.1 Å². The van der Waals surface area contributed by atoms with Crippen LogP contribution in [0.2, 0.25) is 0 Å². The van der Waals surface area contributed by atoms with Crippen LogP contribution in [0, 0.1) is 5.41 Å². The molecule has 2 aromatic rings. The van der Waals surface area contributed by atoms with Crippen LogP contribution in [0.15, 0.2) is 35.3 Å². The number of rotatable bonds is 11. The Balaban J connectivity index is 0.00000392. The fraction of sp³-hybridized carbons (Fsp3) is 0.571. The Labute approximate surface area is 282 Å².